The molecule has 1 heterocycles. The van der Waals surface area contributed by atoms with Crippen molar-refractivity contribution in [2.24, 2.45) is 0 Å². The quantitative estimate of drug-likeness (QED) is 0.839. The van der Waals surface area contributed by atoms with Crippen LogP contribution in [0, 0.1) is 13.8 Å². The molecule has 1 atom stereocenters. The first-order valence-electron chi connectivity index (χ1n) is 6.19. The molecule has 1 fully saturated rings. The van der Waals surface area contributed by atoms with Gasteiger partial charge in [-0.2, -0.15) is 0 Å². The number of benzene rings is 1. The number of nitrogens with zero attached hydrogens (tertiary/aromatic N) is 1. The first kappa shape index (κ1) is 11.5. The molecule has 0 aliphatic carbocycles. The summed E-state index contributed by atoms with van der Waals surface area (Å²) >= 11 is 0. The molecule has 1 aliphatic rings. The fourth-order valence-corrected chi connectivity index (χ4v) is 2.41. The average molecular weight is 218 g/mol. The third-order valence-electron chi connectivity index (χ3n) is 3.80. The van der Waals surface area contributed by atoms with Crippen LogP contribution >= 0.6 is 0 Å². The van der Waals surface area contributed by atoms with Crippen LogP contribution in [-0.4, -0.2) is 31.1 Å². The fraction of sp³-hybridized carbons (Fsp3) is 0.571. The second kappa shape index (κ2) is 4.88. The van der Waals surface area contributed by atoms with Crippen LogP contribution in [0.2, 0.25) is 0 Å². The minimum Gasteiger partial charge on any atom is -0.383 e. The molecule has 1 unspecified atom stereocenters. The highest BCUT2D eigenvalue weighted by Gasteiger charge is 2.20. The van der Waals surface area contributed by atoms with Crippen molar-refractivity contribution in [3.63, 3.8) is 0 Å². The van der Waals surface area contributed by atoms with Crippen LogP contribution < -0.4 is 5.32 Å². The van der Waals surface area contributed by atoms with Gasteiger partial charge in [0, 0.05) is 18.3 Å². The maximum absolute atomic E-state index is 3.58. The second-order valence-electron chi connectivity index (χ2n) is 4.91. The summed E-state index contributed by atoms with van der Waals surface area (Å²) < 4.78 is 0. The summed E-state index contributed by atoms with van der Waals surface area (Å²) in [6.07, 6.45) is 2.67. The van der Waals surface area contributed by atoms with E-state index in [1.807, 2.05) is 0 Å². The number of rotatable bonds is 3. The summed E-state index contributed by atoms with van der Waals surface area (Å²) in [7, 11) is 2.22. The van der Waals surface area contributed by atoms with Crippen molar-refractivity contribution in [3.05, 3.63) is 29.3 Å². The van der Waals surface area contributed by atoms with Crippen molar-refractivity contribution in [2.45, 2.75) is 32.7 Å². The van der Waals surface area contributed by atoms with Crippen LogP contribution in [0.15, 0.2) is 18.2 Å². The Bertz CT molecular complexity index is 360. The van der Waals surface area contributed by atoms with Gasteiger partial charge in [-0.15, -0.1) is 0 Å². The van der Waals surface area contributed by atoms with Crippen LogP contribution in [0.1, 0.15) is 24.0 Å². The Labute approximate surface area is 98.7 Å². The number of hydrogen-bond donors (Lipinski definition) is 1. The third kappa shape index (κ3) is 2.38. The van der Waals surface area contributed by atoms with E-state index >= 15 is 0 Å². The normalized spacial score (nSPS) is 21.3. The zero-order chi connectivity index (χ0) is 11.5. The van der Waals surface area contributed by atoms with Crippen molar-refractivity contribution < 1.29 is 0 Å². The van der Waals surface area contributed by atoms with Gasteiger partial charge in [-0.25, -0.2) is 0 Å². The van der Waals surface area contributed by atoms with Gasteiger partial charge in [-0.05, 0) is 57.5 Å². The van der Waals surface area contributed by atoms with E-state index in [4.69, 9.17) is 0 Å². The Hall–Kier alpha value is -1.02. The Morgan fingerprint density at radius 2 is 2.19 bits per heavy atom. The van der Waals surface area contributed by atoms with Crippen LogP contribution in [0.3, 0.4) is 0 Å². The van der Waals surface area contributed by atoms with E-state index in [0.717, 1.165) is 6.54 Å². The Morgan fingerprint density at radius 1 is 1.38 bits per heavy atom. The Kier molecular flexibility index (Phi) is 3.49. The van der Waals surface area contributed by atoms with E-state index in [2.05, 4.69) is 49.3 Å². The second-order valence-corrected chi connectivity index (χ2v) is 4.91. The molecule has 0 aromatic heterocycles. The highest BCUT2D eigenvalue weighted by molar-refractivity contribution is 5.53. The lowest BCUT2D eigenvalue weighted by Gasteiger charge is -2.21. The molecule has 0 saturated carbocycles. The third-order valence-corrected chi connectivity index (χ3v) is 3.80. The van der Waals surface area contributed by atoms with Gasteiger partial charge in [0.1, 0.15) is 0 Å². The lowest BCUT2D eigenvalue weighted by molar-refractivity contribution is 0.322. The number of nitrogens with one attached hydrogen (secondary N) is 1. The monoisotopic (exact) mass is 218 g/mol. The number of anilines is 1. The molecule has 1 aliphatic heterocycles. The predicted molar refractivity (Wildman–Crippen MR) is 70.1 cm³/mol. The summed E-state index contributed by atoms with van der Waals surface area (Å²) in [5.41, 5.74) is 4.04. The number of likely N-dealkylation sites (tertiary alicyclic amines) is 1. The highest BCUT2D eigenvalue weighted by atomic mass is 15.2. The maximum Gasteiger partial charge on any atom is 0.0373 e. The van der Waals surface area contributed by atoms with Gasteiger partial charge < -0.3 is 10.2 Å². The molecular weight excluding hydrogens is 196 g/mol. The smallest absolute Gasteiger partial charge is 0.0373 e. The molecule has 1 aromatic carbocycles. The topological polar surface area (TPSA) is 15.3 Å². The van der Waals surface area contributed by atoms with E-state index in [9.17, 15) is 0 Å². The molecule has 1 aromatic rings. The fourth-order valence-electron chi connectivity index (χ4n) is 2.41. The molecule has 16 heavy (non-hydrogen) atoms. The van der Waals surface area contributed by atoms with Gasteiger partial charge in [-0.1, -0.05) is 12.1 Å². The Balaban J connectivity index is 1.96. The van der Waals surface area contributed by atoms with Gasteiger partial charge in [0.2, 0.25) is 0 Å². The molecule has 0 bridgehead atoms. The minimum absolute atomic E-state index is 0.708. The van der Waals surface area contributed by atoms with E-state index in [-0.39, 0.29) is 0 Å². The van der Waals surface area contributed by atoms with Crippen molar-refractivity contribution in [3.8, 4) is 0 Å². The van der Waals surface area contributed by atoms with E-state index < -0.39 is 0 Å². The molecule has 0 amide bonds. The standard InChI is InChI=1S/C14H22N2/c1-11-6-4-8-14(12(11)2)15-10-13-7-5-9-16(13)3/h4,6,8,13,15H,5,7,9-10H2,1-3H3. The van der Waals surface area contributed by atoms with E-state index in [1.54, 1.807) is 0 Å². The van der Waals surface area contributed by atoms with Crippen LogP contribution in [0.4, 0.5) is 5.69 Å². The molecule has 2 heteroatoms. The summed E-state index contributed by atoms with van der Waals surface area (Å²) in [5.74, 6) is 0. The van der Waals surface area contributed by atoms with Crippen molar-refractivity contribution in [2.75, 3.05) is 25.5 Å². The van der Waals surface area contributed by atoms with Gasteiger partial charge >= 0.3 is 0 Å². The SMILES string of the molecule is Cc1cccc(NCC2CCCN2C)c1C. The summed E-state index contributed by atoms with van der Waals surface area (Å²) in [5, 5.41) is 3.58. The van der Waals surface area contributed by atoms with Gasteiger partial charge in [0.15, 0.2) is 0 Å². The maximum atomic E-state index is 3.58. The van der Waals surface area contributed by atoms with Gasteiger partial charge in [0.05, 0.1) is 0 Å². The lowest BCUT2D eigenvalue weighted by Crippen LogP contribution is -2.31. The summed E-state index contributed by atoms with van der Waals surface area (Å²) in [6.45, 7) is 6.68. The van der Waals surface area contributed by atoms with E-state index in [1.165, 1.54) is 36.2 Å². The minimum atomic E-state index is 0.708. The summed E-state index contributed by atoms with van der Waals surface area (Å²) in [6, 6.07) is 7.18. The van der Waals surface area contributed by atoms with Crippen molar-refractivity contribution >= 4 is 5.69 Å². The molecule has 0 radical (unpaired) electrons. The highest BCUT2D eigenvalue weighted by Crippen LogP contribution is 2.20. The molecule has 2 nitrogen and oxygen atoms in total. The largest absolute Gasteiger partial charge is 0.383 e. The lowest BCUT2D eigenvalue weighted by atomic mass is 10.1. The van der Waals surface area contributed by atoms with E-state index in [0.29, 0.717) is 6.04 Å². The zero-order valence-corrected chi connectivity index (χ0v) is 10.6. The zero-order valence-electron chi connectivity index (χ0n) is 10.6. The predicted octanol–water partition coefficient (Wildman–Crippen LogP) is 2.81. The number of aryl methyl sites for hydroxylation is 1. The van der Waals surface area contributed by atoms with Crippen molar-refractivity contribution in [1.82, 2.24) is 4.90 Å². The van der Waals surface area contributed by atoms with Crippen molar-refractivity contribution in [1.29, 1.82) is 0 Å². The van der Waals surface area contributed by atoms with Crippen LogP contribution in [0.5, 0.6) is 0 Å². The number of hydrogen-bond acceptors (Lipinski definition) is 2. The van der Waals surface area contributed by atoms with Gasteiger partial charge in [-0.3, -0.25) is 0 Å². The first-order valence-corrected chi connectivity index (χ1v) is 6.19. The molecule has 1 N–H and O–H groups in total. The van der Waals surface area contributed by atoms with Crippen LogP contribution in [0.25, 0.3) is 0 Å². The molecule has 2 rings (SSSR count). The number of likely N-dealkylation sites (N-methyl/N-ethyl adjacent to an activating group) is 1. The molecule has 0 spiro atoms. The van der Waals surface area contributed by atoms with Crippen LogP contribution in [-0.2, 0) is 0 Å². The molecule has 1 saturated heterocycles. The summed E-state index contributed by atoms with van der Waals surface area (Å²) in [4.78, 5) is 2.46. The Morgan fingerprint density at radius 3 is 2.88 bits per heavy atom. The first-order chi connectivity index (χ1) is 7.68. The molecule has 88 valence electrons. The molecular formula is C14H22N2. The average Bonchev–Trinajstić information content (AvgIpc) is 2.67. The van der Waals surface area contributed by atoms with Gasteiger partial charge in [0.25, 0.3) is 0 Å².